The van der Waals surface area contributed by atoms with E-state index in [0.717, 1.165) is 0 Å². The van der Waals surface area contributed by atoms with Crippen molar-refractivity contribution >= 4 is 28.4 Å². The summed E-state index contributed by atoms with van der Waals surface area (Å²) in [5.74, 6) is 8.07. The third-order valence-electron chi connectivity index (χ3n) is 3.78. The van der Waals surface area contributed by atoms with Crippen molar-refractivity contribution in [2.45, 2.75) is 44.0 Å². The molecule has 0 nitrogen and oxygen atoms in total. The quantitative estimate of drug-likeness (QED) is 0.698. The molecular formula is C17H24Ge. The molecule has 0 atom stereocenters. The first-order valence-electron chi connectivity index (χ1n) is 6.85. The molecule has 2 rings (SSSR count). The van der Waals surface area contributed by atoms with E-state index in [-0.39, 0.29) is 0 Å². The number of aryl methyl sites for hydroxylation is 1. The Hall–Kier alpha value is -0.757. The predicted octanol–water partition coefficient (Wildman–Crippen LogP) is 4.82. The third kappa shape index (κ3) is 2.35. The monoisotopic (exact) mass is 302 g/mol. The molecule has 1 heteroatoms. The molecule has 0 amide bonds. The first-order valence-corrected chi connectivity index (χ1v) is 14.2. The van der Waals surface area contributed by atoms with Gasteiger partial charge in [-0.3, -0.25) is 0 Å². The molecule has 18 heavy (non-hydrogen) atoms. The van der Waals surface area contributed by atoms with Crippen LogP contribution in [0.5, 0.6) is 0 Å². The van der Waals surface area contributed by atoms with Crippen molar-refractivity contribution in [3.8, 4) is 0 Å². The summed E-state index contributed by atoms with van der Waals surface area (Å²) < 4.78 is 1.65. The Morgan fingerprint density at radius 1 is 0.944 bits per heavy atom. The molecule has 0 heterocycles. The van der Waals surface area contributed by atoms with Crippen molar-refractivity contribution in [2.75, 3.05) is 0 Å². The van der Waals surface area contributed by atoms with Crippen LogP contribution in [0.15, 0.2) is 30.3 Å². The number of hydrogen-bond acceptors (Lipinski definition) is 0. The molecule has 0 aliphatic rings. The van der Waals surface area contributed by atoms with Gasteiger partial charge in [0.15, 0.2) is 0 Å². The van der Waals surface area contributed by atoms with Crippen molar-refractivity contribution < 1.29 is 0 Å². The Kier molecular flexibility index (Phi) is 3.59. The normalized spacial score (nSPS) is 12.4. The van der Waals surface area contributed by atoms with Crippen molar-refractivity contribution in [1.29, 1.82) is 0 Å². The molecule has 0 N–H and O–H groups in total. The predicted molar refractivity (Wildman–Crippen MR) is 85.8 cm³/mol. The van der Waals surface area contributed by atoms with E-state index in [1.54, 1.807) is 4.40 Å². The third-order valence-corrected chi connectivity index (χ3v) is 8.04. The van der Waals surface area contributed by atoms with Gasteiger partial charge in [0, 0.05) is 0 Å². The number of benzene rings is 2. The average molecular weight is 301 g/mol. The van der Waals surface area contributed by atoms with Crippen LogP contribution < -0.4 is 4.40 Å². The summed E-state index contributed by atoms with van der Waals surface area (Å²) in [5, 5.41) is 2.95. The number of hydrogen-bond donors (Lipinski definition) is 0. The molecule has 0 bridgehead atoms. The second-order valence-electron chi connectivity index (χ2n) is 6.59. The average Bonchev–Trinajstić information content (AvgIpc) is 2.27. The Bertz CT molecular complexity index is 574. The van der Waals surface area contributed by atoms with Crippen molar-refractivity contribution in [3.05, 3.63) is 41.5 Å². The molecule has 0 aromatic heterocycles. The zero-order valence-electron chi connectivity index (χ0n) is 12.5. The summed E-state index contributed by atoms with van der Waals surface area (Å²) in [5.41, 5.74) is 3.00. The zero-order chi connectivity index (χ0) is 13.5. The number of fused-ring (bicyclic) bond motifs is 1. The van der Waals surface area contributed by atoms with Crippen LogP contribution in [0.1, 0.15) is 30.9 Å². The molecule has 0 aliphatic carbocycles. The molecule has 0 saturated carbocycles. The van der Waals surface area contributed by atoms with Crippen LogP contribution in [0.4, 0.5) is 0 Å². The maximum absolute atomic E-state index is 2.50. The van der Waals surface area contributed by atoms with E-state index in [1.165, 1.54) is 21.9 Å². The van der Waals surface area contributed by atoms with Crippen LogP contribution in [0.2, 0.25) is 17.3 Å². The van der Waals surface area contributed by atoms with E-state index in [9.17, 15) is 0 Å². The SMILES string of the molecule is Cc1c(C(C)C)c[c]([Ge]([CH3])([CH3])[CH3])c2ccccc12. The van der Waals surface area contributed by atoms with Crippen LogP contribution in [-0.2, 0) is 0 Å². The topological polar surface area (TPSA) is 0 Å². The van der Waals surface area contributed by atoms with E-state index >= 15 is 0 Å². The molecule has 0 unspecified atom stereocenters. The van der Waals surface area contributed by atoms with Gasteiger partial charge in [-0.2, -0.15) is 0 Å². The van der Waals surface area contributed by atoms with Gasteiger partial charge in [0.2, 0.25) is 0 Å². The Morgan fingerprint density at radius 3 is 2.00 bits per heavy atom. The molecule has 0 aliphatic heterocycles. The second kappa shape index (κ2) is 4.73. The van der Waals surface area contributed by atoms with E-state index in [2.05, 4.69) is 68.4 Å². The molecule has 0 radical (unpaired) electrons. The van der Waals surface area contributed by atoms with Crippen LogP contribution in [-0.4, -0.2) is 13.3 Å². The van der Waals surface area contributed by atoms with Crippen molar-refractivity contribution in [1.82, 2.24) is 0 Å². The minimum absolute atomic E-state index is 0.609. The molecule has 96 valence electrons. The Labute approximate surface area is 114 Å². The van der Waals surface area contributed by atoms with Gasteiger partial charge in [0.25, 0.3) is 0 Å². The summed E-state index contributed by atoms with van der Waals surface area (Å²) in [6.45, 7) is 6.88. The first-order chi connectivity index (χ1) is 8.32. The van der Waals surface area contributed by atoms with Crippen LogP contribution >= 0.6 is 0 Å². The summed E-state index contributed by atoms with van der Waals surface area (Å²) >= 11 is -1.82. The Balaban J connectivity index is 2.89. The standard InChI is InChI=1S/C17H24Ge/c1-12(2)16-11-17(18(4,5)6)15-10-8-7-9-14(15)13(16)3/h7-12H,1-6H3. The van der Waals surface area contributed by atoms with E-state index in [0.29, 0.717) is 5.92 Å². The fourth-order valence-corrected chi connectivity index (χ4v) is 6.15. The fraction of sp³-hybridized carbons (Fsp3) is 0.412. The van der Waals surface area contributed by atoms with Gasteiger partial charge in [-0.1, -0.05) is 0 Å². The summed E-state index contributed by atoms with van der Waals surface area (Å²) in [7, 11) is 0. The van der Waals surface area contributed by atoms with Crippen LogP contribution in [0.25, 0.3) is 10.8 Å². The summed E-state index contributed by atoms with van der Waals surface area (Å²) in [4.78, 5) is 0. The first kappa shape index (κ1) is 13.7. The van der Waals surface area contributed by atoms with Gasteiger partial charge in [0.1, 0.15) is 0 Å². The van der Waals surface area contributed by atoms with Gasteiger partial charge in [0.05, 0.1) is 0 Å². The second-order valence-corrected chi connectivity index (χ2v) is 17.2. The van der Waals surface area contributed by atoms with Gasteiger partial charge >= 0.3 is 114 Å². The van der Waals surface area contributed by atoms with Gasteiger partial charge in [-0.25, -0.2) is 0 Å². The summed E-state index contributed by atoms with van der Waals surface area (Å²) in [6, 6.07) is 11.4. The number of rotatable bonds is 2. The van der Waals surface area contributed by atoms with E-state index in [1.807, 2.05) is 0 Å². The van der Waals surface area contributed by atoms with Crippen LogP contribution in [0, 0.1) is 6.92 Å². The van der Waals surface area contributed by atoms with E-state index in [4.69, 9.17) is 0 Å². The molecule has 0 fully saturated rings. The van der Waals surface area contributed by atoms with Gasteiger partial charge in [-0.15, -0.1) is 0 Å². The molecular weight excluding hydrogens is 277 g/mol. The Morgan fingerprint density at radius 2 is 1.50 bits per heavy atom. The van der Waals surface area contributed by atoms with Crippen molar-refractivity contribution in [3.63, 3.8) is 0 Å². The maximum atomic E-state index is 2.50. The van der Waals surface area contributed by atoms with Crippen molar-refractivity contribution in [2.24, 2.45) is 0 Å². The van der Waals surface area contributed by atoms with Gasteiger partial charge in [-0.05, 0) is 0 Å². The zero-order valence-corrected chi connectivity index (χ0v) is 14.6. The molecule has 2 aromatic carbocycles. The molecule has 0 saturated heterocycles. The minimum atomic E-state index is -1.82. The molecule has 0 spiro atoms. The van der Waals surface area contributed by atoms with E-state index < -0.39 is 13.3 Å². The fourth-order valence-electron chi connectivity index (χ4n) is 2.76. The summed E-state index contributed by atoms with van der Waals surface area (Å²) in [6.07, 6.45) is 0. The van der Waals surface area contributed by atoms with Crippen LogP contribution in [0.3, 0.4) is 0 Å². The molecule has 2 aromatic rings. The van der Waals surface area contributed by atoms with Gasteiger partial charge < -0.3 is 0 Å².